The number of aromatic carboxylic acids is 1. The van der Waals surface area contributed by atoms with Crippen LogP contribution in [0.25, 0.3) is 0 Å². The molecule has 8 heteroatoms. The molecule has 2 aliphatic rings. The fraction of sp³-hybridized carbons (Fsp3) is 0.200. The van der Waals surface area contributed by atoms with Gasteiger partial charge >= 0.3 is 5.97 Å². The number of hydrazine groups is 1. The molecule has 0 bridgehead atoms. The average Bonchev–Trinajstić information content (AvgIpc) is 3.34. The second kappa shape index (κ2) is 8.47. The molecule has 0 saturated carbocycles. The normalized spacial score (nSPS) is 24.2. The molecule has 168 valence electrons. The number of hydrogen-bond acceptors (Lipinski definition) is 4. The number of hydrogen-bond donors (Lipinski definition) is 3. The predicted molar refractivity (Wildman–Crippen MR) is 128 cm³/mol. The lowest BCUT2D eigenvalue weighted by molar-refractivity contribution is -0.119. The Morgan fingerprint density at radius 2 is 1.61 bits per heavy atom. The Bertz CT molecular complexity index is 1230. The molecule has 6 nitrogen and oxygen atoms in total. The number of carboxylic acid groups (broad SMARTS) is 1. The highest BCUT2D eigenvalue weighted by Gasteiger charge is 2.56. The number of carbonyl (C=O) groups excluding carboxylic acids is 1. The molecular weight excluding hydrogens is 461 g/mol. The zero-order valence-electron chi connectivity index (χ0n) is 17.6. The van der Waals surface area contributed by atoms with E-state index in [4.69, 9.17) is 23.2 Å². The van der Waals surface area contributed by atoms with Crippen LogP contribution in [0, 0.1) is 12.8 Å². The first-order valence-corrected chi connectivity index (χ1v) is 11.3. The van der Waals surface area contributed by atoms with Gasteiger partial charge in [0.05, 0.1) is 17.6 Å². The van der Waals surface area contributed by atoms with E-state index in [2.05, 4.69) is 23.0 Å². The molecule has 3 N–H and O–H groups in total. The number of carboxylic acids is 1. The number of amides is 1. The number of carbonyl (C=O) groups is 2. The van der Waals surface area contributed by atoms with Gasteiger partial charge in [-0.2, -0.15) is 0 Å². The van der Waals surface area contributed by atoms with E-state index < -0.39 is 18.1 Å². The monoisotopic (exact) mass is 481 g/mol. The number of nitrogens with one attached hydrogen (secondary N) is 2. The van der Waals surface area contributed by atoms with Gasteiger partial charge in [0, 0.05) is 21.7 Å². The molecule has 0 spiro atoms. The largest absolute Gasteiger partial charge is 0.478 e. The number of halogens is 2. The average molecular weight is 482 g/mol. The van der Waals surface area contributed by atoms with E-state index in [-0.39, 0.29) is 23.4 Å². The van der Waals surface area contributed by atoms with Gasteiger partial charge in [-0.05, 0) is 54.4 Å². The molecule has 33 heavy (non-hydrogen) atoms. The summed E-state index contributed by atoms with van der Waals surface area (Å²) in [5.74, 6) is -1.30. The van der Waals surface area contributed by atoms with Crippen molar-refractivity contribution in [2.45, 2.75) is 25.0 Å². The summed E-state index contributed by atoms with van der Waals surface area (Å²) in [7, 11) is 0. The second-order valence-corrected chi connectivity index (χ2v) is 9.25. The van der Waals surface area contributed by atoms with Crippen LogP contribution in [0.2, 0.25) is 10.0 Å². The third-order valence-electron chi connectivity index (χ3n) is 6.42. The van der Waals surface area contributed by atoms with Crippen molar-refractivity contribution in [3.63, 3.8) is 0 Å². The molecule has 3 aromatic rings. The quantitative estimate of drug-likeness (QED) is 0.492. The van der Waals surface area contributed by atoms with Crippen molar-refractivity contribution in [2.24, 2.45) is 5.92 Å². The summed E-state index contributed by atoms with van der Waals surface area (Å²) in [4.78, 5) is 26.7. The third-order valence-corrected chi connectivity index (χ3v) is 6.98. The Labute approximate surface area is 201 Å². The Morgan fingerprint density at radius 3 is 2.24 bits per heavy atom. The highest BCUT2D eigenvalue weighted by molar-refractivity contribution is 6.35. The summed E-state index contributed by atoms with van der Waals surface area (Å²) in [6.45, 7) is 2.03. The van der Waals surface area contributed by atoms with Crippen molar-refractivity contribution in [1.82, 2.24) is 10.9 Å². The van der Waals surface area contributed by atoms with E-state index >= 15 is 0 Å². The van der Waals surface area contributed by atoms with E-state index in [0.29, 0.717) is 15.7 Å². The highest BCUT2D eigenvalue weighted by atomic mass is 35.5. The fourth-order valence-electron chi connectivity index (χ4n) is 4.83. The van der Waals surface area contributed by atoms with Gasteiger partial charge in [-0.1, -0.05) is 59.1 Å². The summed E-state index contributed by atoms with van der Waals surface area (Å²) >= 11 is 12.8. The Kier molecular flexibility index (Phi) is 5.62. The zero-order chi connectivity index (χ0) is 23.3. The minimum atomic E-state index is -1.02. The number of nitrogens with zero attached hydrogens (tertiary/aromatic N) is 1. The first-order valence-electron chi connectivity index (χ1n) is 10.5. The summed E-state index contributed by atoms with van der Waals surface area (Å²) in [6, 6.07) is 18.8. The summed E-state index contributed by atoms with van der Waals surface area (Å²) in [5, 5.41) is 10.3. The third kappa shape index (κ3) is 3.79. The smallest absolute Gasteiger partial charge is 0.335 e. The summed E-state index contributed by atoms with van der Waals surface area (Å²) < 4.78 is 0. The maximum absolute atomic E-state index is 13.6. The number of anilines is 1. The van der Waals surface area contributed by atoms with E-state index in [0.717, 1.165) is 16.7 Å². The summed E-state index contributed by atoms with van der Waals surface area (Å²) in [5.41, 5.74) is 10.3. The van der Waals surface area contributed by atoms with E-state index in [1.54, 1.807) is 29.2 Å². The van der Waals surface area contributed by atoms with E-state index in [1.807, 2.05) is 25.1 Å². The molecule has 0 aromatic heterocycles. The predicted octanol–water partition coefficient (Wildman–Crippen LogP) is 4.92. The minimum absolute atomic E-state index is 0.110. The van der Waals surface area contributed by atoms with Gasteiger partial charge < -0.3 is 10.0 Å². The SMILES string of the molecule is Cc1ccc(C2NNC3C(=O)N(c4ccc(C(=O)O)cc4)C(c4ccc(Cl)cc4Cl)C32)cc1. The standard InChI is InChI=1S/C25H21Cl2N3O3/c1-13-2-4-14(5-3-13)21-20-22(29-28-21)24(31)30(17-9-6-15(7-10-17)25(32)33)23(20)18-11-8-16(26)12-19(18)27/h2-12,20-23,28-29H,1H3,(H,32,33). The molecule has 2 saturated heterocycles. The van der Waals surface area contributed by atoms with E-state index in [9.17, 15) is 14.7 Å². The summed E-state index contributed by atoms with van der Waals surface area (Å²) in [6.07, 6.45) is 0. The van der Waals surface area contributed by atoms with Gasteiger partial charge in [-0.3, -0.25) is 4.79 Å². The van der Waals surface area contributed by atoms with Crippen LogP contribution in [0.1, 0.15) is 39.1 Å². The molecule has 0 aliphatic carbocycles. The molecule has 3 aromatic carbocycles. The molecule has 4 atom stereocenters. The van der Waals surface area contributed by atoms with Crippen LogP contribution in [0.4, 0.5) is 5.69 Å². The molecule has 2 aliphatic heterocycles. The lowest BCUT2D eigenvalue weighted by Crippen LogP contribution is -2.41. The first kappa shape index (κ1) is 21.9. The Morgan fingerprint density at radius 1 is 0.939 bits per heavy atom. The van der Waals surface area contributed by atoms with Crippen LogP contribution in [0.3, 0.4) is 0 Å². The number of benzene rings is 3. The van der Waals surface area contributed by atoms with Crippen LogP contribution < -0.4 is 15.8 Å². The Hall–Kier alpha value is -2.90. The Balaban J connectivity index is 1.63. The second-order valence-electron chi connectivity index (χ2n) is 8.40. The lowest BCUT2D eigenvalue weighted by atomic mass is 9.83. The van der Waals surface area contributed by atoms with Crippen LogP contribution in [-0.4, -0.2) is 23.0 Å². The van der Waals surface area contributed by atoms with Gasteiger partial charge in [-0.25, -0.2) is 15.6 Å². The van der Waals surface area contributed by atoms with Gasteiger partial charge in [0.2, 0.25) is 5.91 Å². The maximum atomic E-state index is 13.6. The van der Waals surface area contributed by atoms with Crippen LogP contribution in [-0.2, 0) is 4.79 Å². The van der Waals surface area contributed by atoms with Crippen molar-refractivity contribution in [1.29, 1.82) is 0 Å². The van der Waals surface area contributed by atoms with Gasteiger partial charge in [0.25, 0.3) is 0 Å². The van der Waals surface area contributed by atoms with Crippen LogP contribution >= 0.6 is 23.2 Å². The lowest BCUT2D eigenvalue weighted by Gasteiger charge is -2.32. The molecule has 4 unspecified atom stereocenters. The highest BCUT2D eigenvalue weighted by Crippen LogP contribution is 2.50. The van der Waals surface area contributed by atoms with Crippen molar-refractivity contribution in [2.75, 3.05) is 4.90 Å². The van der Waals surface area contributed by atoms with Crippen molar-refractivity contribution < 1.29 is 14.7 Å². The number of fused-ring (bicyclic) bond motifs is 1. The zero-order valence-corrected chi connectivity index (χ0v) is 19.1. The first-order chi connectivity index (χ1) is 15.8. The van der Waals surface area contributed by atoms with Crippen molar-refractivity contribution in [3.05, 3.63) is 99.0 Å². The molecular formula is C25H21Cl2N3O3. The van der Waals surface area contributed by atoms with Gasteiger partial charge in [0.15, 0.2) is 0 Å². The molecule has 5 rings (SSSR count). The minimum Gasteiger partial charge on any atom is -0.478 e. The molecule has 0 radical (unpaired) electrons. The van der Waals surface area contributed by atoms with Crippen molar-refractivity contribution in [3.8, 4) is 0 Å². The fourth-order valence-corrected chi connectivity index (χ4v) is 5.35. The van der Waals surface area contributed by atoms with Crippen molar-refractivity contribution >= 4 is 40.8 Å². The molecule has 2 fully saturated rings. The number of aryl methyl sites for hydroxylation is 1. The van der Waals surface area contributed by atoms with Gasteiger partial charge in [-0.15, -0.1) is 0 Å². The molecule has 2 heterocycles. The topological polar surface area (TPSA) is 81.7 Å². The van der Waals surface area contributed by atoms with Crippen LogP contribution in [0.5, 0.6) is 0 Å². The van der Waals surface area contributed by atoms with E-state index in [1.165, 1.54) is 12.1 Å². The van der Waals surface area contributed by atoms with Crippen LogP contribution in [0.15, 0.2) is 66.7 Å². The maximum Gasteiger partial charge on any atom is 0.335 e. The number of rotatable bonds is 4. The van der Waals surface area contributed by atoms with Gasteiger partial charge in [0.1, 0.15) is 6.04 Å². The molecule has 1 amide bonds.